The van der Waals surface area contributed by atoms with Gasteiger partial charge in [-0.05, 0) is 44.0 Å². The summed E-state index contributed by atoms with van der Waals surface area (Å²) in [7, 11) is 1.62. The van der Waals surface area contributed by atoms with Gasteiger partial charge in [-0.15, -0.1) is 0 Å². The molecule has 0 aliphatic carbocycles. The maximum atomic E-state index is 11.9. The van der Waals surface area contributed by atoms with E-state index < -0.39 is 5.91 Å². The molecule has 0 saturated heterocycles. The molecule has 0 aliphatic heterocycles. The number of carbonyl (C=O) groups excluding carboxylic acids is 1. The molecule has 0 unspecified atom stereocenters. The van der Waals surface area contributed by atoms with Crippen LogP contribution in [0.4, 0.5) is 0 Å². The van der Waals surface area contributed by atoms with Gasteiger partial charge in [0.2, 0.25) is 0 Å². The first kappa shape index (κ1) is 22.1. The monoisotopic (exact) mass is 473 g/mol. The van der Waals surface area contributed by atoms with E-state index >= 15 is 0 Å². The number of hydrogen-bond donors (Lipinski definition) is 2. The molecule has 178 valence electrons. The van der Waals surface area contributed by atoms with Crippen molar-refractivity contribution in [3.05, 3.63) is 65.4 Å². The molecule has 0 aliphatic rings. The number of pyridine rings is 1. The molecule has 0 radical (unpaired) electrons. The number of hydrogen-bond acceptors (Lipinski definition) is 8. The summed E-state index contributed by atoms with van der Waals surface area (Å²) in [4.78, 5) is 20.8. The first-order valence-corrected chi connectivity index (χ1v) is 10.9. The highest BCUT2D eigenvalue weighted by atomic mass is 16.5. The molecule has 3 N–H and O–H groups in total. The van der Waals surface area contributed by atoms with Crippen LogP contribution in [0.2, 0.25) is 0 Å². The largest absolute Gasteiger partial charge is 0.504 e. The number of carbonyl (C=O) groups is 1. The Morgan fingerprint density at radius 1 is 1.20 bits per heavy atom. The summed E-state index contributed by atoms with van der Waals surface area (Å²) >= 11 is 0. The fourth-order valence-electron chi connectivity index (χ4n) is 3.92. The smallest absolute Gasteiger partial charge is 0.269 e. The Balaban J connectivity index is 1.50. The minimum absolute atomic E-state index is 0.0198. The Labute approximate surface area is 199 Å². The summed E-state index contributed by atoms with van der Waals surface area (Å²) in [5.74, 6) is 0.576. The quantitative estimate of drug-likeness (QED) is 0.367. The second kappa shape index (κ2) is 8.60. The highest BCUT2D eigenvalue weighted by Crippen LogP contribution is 2.33. The molecule has 0 atom stereocenters. The minimum Gasteiger partial charge on any atom is -0.504 e. The van der Waals surface area contributed by atoms with Crippen molar-refractivity contribution in [1.29, 1.82) is 0 Å². The first-order chi connectivity index (χ1) is 16.9. The first-order valence-electron chi connectivity index (χ1n) is 10.9. The SMILES string of the molecule is COc1ccc(CCn2nc(C)c(O)c2-c2nc(-n3nc(C(N)=O)c4cc(C)ncc43)co2)cc1. The number of methoxy groups -OCH3 is 1. The van der Waals surface area contributed by atoms with Crippen LogP contribution in [-0.4, -0.2) is 47.7 Å². The van der Waals surface area contributed by atoms with Crippen LogP contribution in [0.1, 0.15) is 27.4 Å². The molecule has 0 saturated carbocycles. The van der Waals surface area contributed by atoms with Crippen LogP contribution in [-0.2, 0) is 13.0 Å². The zero-order valence-electron chi connectivity index (χ0n) is 19.4. The predicted octanol–water partition coefficient (Wildman–Crippen LogP) is 2.94. The van der Waals surface area contributed by atoms with Crippen LogP contribution in [0.5, 0.6) is 11.5 Å². The van der Waals surface area contributed by atoms with Gasteiger partial charge in [0.05, 0.1) is 18.8 Å². The third-order valence-electron chi connectivity index (χ3n) is 5.72. The van der Waals surface area contributed by atoms with E-state index in [1.54, 1.807) is 31.0 Å². The number of benzene rings is 1. The van der Waals surface area contributed by atoms with Gasteiger partial charge >= 0.3 is 0 Å². The molecule has 0 bridgehead atoms. The second-order valence-electron chi connectivity index (χ2n) is 8.08. The number of aromatic nitrogens is 6. The topological polar surface area (TPSA) is 147 Å². The Bertz CT molecular complexity index is 1550. The average molecular weight is 473 g/mol. The number of nitrogens with zero attached hydrogens (tertiary/aromatic N) is 6. The van der Waals surface area contributed by atoms with Crippen molar-refractivity contribution in [3.8, 4) is 28.9 Å². The molecule has 1 amide bonds. The predicted molar refractivity (Wildman–Crippen MR) is 127 cm³/mol. The van der Waals surface area contributed by atoms with Crippen molar-refractivity contribution in [1.82, 2.24) is 29.5 Å². The van der Waals surface area contributed by atoms with Gasteiger partial charge in [-0.3, -0.25) is 14.5 Å². The van der Waals surface area contributed by atoms with Crippen molar-refractivity contribution in [2.75, 3.05) is 7.11 Å². The maximum absolute atomic E-state index is 11.9. The van der Waals surface area contributed by atoms with Crippen LogP contribution in [0.25, 0.3) is 28.3 Å². The number of fused-ring (bicyclic) bond motifs is 1. The normalized spacial score (nSPS) is 11.3. The standard InChI is InChI=1S/C24H23N7O4/c1-13-10-17-18(11-26-13)31(29-20(17)23(25)33)19-12-35-24(27-19)21-22(32)14(2)28-30(21)9-8-15-4-6-16(34-3)7-5-15/h4-7,10-12,32H,8-9H2,1-3H3,(H2,25,33). The van der Waals surface area contributed by atoms with Crippen molar-refractivity contribution in [2.24, 2.45) is 5.73 Å². The van der Waals surface area contributed by atoms with Gasteiger partial charge in [-0.1, -0.05) is 12.1 Å². The second-order valence-corrected chi connectivity index (χ2v) is 8.08. The van der Waals surface area contributed by atoms with Crippen LogP contribution in [0.15, 0.2) is 47.2 Å². The number of rotatable bonds is 7. The third kappa shape index (κ3) is 3.97. The molecule has 11 heteroatoms. The molecule has 0 spiro atoms. The van der Waals surface area contributed by atoms with Crippen LogP contribution < -0.4 is 10.5 Å². The molecule has 5 aromatic rings. The molecule has 11 nitrogen and oxygen atoms in total. The lowest BCUT2D eigenvalue weighted by Gasteiger charge is -2.06. The van der Waals surface area contributed by atoms with Crippen LogP contribution in [0.3, 0.4) is 0 Å². The lowest BCUT2D eigenvalue weighted by molar-refractivity contribution is 0.0996. The zero-order chi connectivity index (χ0) is 24.7. The van der Waals surface area contributed by atoms with E-state index in [9.17, 15) is 9.90 Å². The van der Waals surface area contributed by atoms with E-state index in [4.69, 9.17) is 14.9 Å². The number of oxazole rings is 1. The van der Waals surface area contributed by atoms with E-state index in [0.717, 1.165) is 17.0 Å². The number of primary amides is 1. The summed E-state index contributed by atoms with van der Waals surface area (Å²) in [6.45, 7) is 4.01. The molecule has 0 fully saturated rings. The summed E-state index contributed by atoms with van der Waals surface area (Å²) < 4.78 is 14.0. The van der Waals surface area contributed by atoms with Crippen LogP contribution >= 0.6 is 0 Å². The van der Waals surface area contributed by atoms with Crippen LogP contribution in [0, 0.1) is 13.8 Å². The lowest BCUT2D eigenvalue weighted by Crippen LogP contribution is -2.12. The maximum Gasteiger partial charge on any atom is 0.269 e. The number of aromatic hydroxyl groups is 1. The van der Waals surface area contributed by atoms with Gasteiger partial charge in [-0.25, -0.2) is 4.68 Å². The van der Waals surface area contributed by atoms with Gasteiger partial charge in [0.15, 0.2) is 23.0 Å². The fourth-order valence-corrected chi connectivity index (χ4v) is 3.92. The van der Waals surface area contributed by atoms with Crippen molar-refractivity contribution < 1.29 is 19.1 Å². The molecule has 4 heterocycles. The molecule has 5 rings (SSSR count). The van der Waals surface area contributed by atoms with E-state index in [1.807, 2.05) is 31.2 Å². The molecular weight excluding hydrogens is 450 g/mol. The molecule has 1 aromatic carbocycles. The molecular formula is C24H23N7O4. The summed E-state index contributed by atoms with van der Waals surface area (Å²) in [5, 5.41) is 20.1. The minimum atomic E-state index is -0.659. The fraction of sp³-hybridized carbons (Fsp3) is 0.208. The van der Waals surface area contributed by atoms with E-state index in [-0.39, 0.29) is 17.3 Å². The van der Waals surface area contributed by atoms with E-state index in [0.29, 0.717) is 41.1 Å². The van der Waals surface area contributed by atoms with Gasteiger partial charge in [0.25, 0.3) is 11.8 Å². The third-order valence-corrected chi connectivity index (χ3v) is 5.72. The molecule has 35 heavy (non-hydrogen) atoms. The Morgan fingerprint density at radius 3 is 2.69 bits per heavy atom. The Hall–Kier alpha value is -4.67. The number of amides is 1. The molecule has 4 aromatic heterocycles. The van der Waals surface area contributed by atoms with Crippen molar-refractivity contribution >= 4 is 16.8 Å². The van der Waals surface area contributed by atoms with E-state index in [1.165, 1.54) is 10.9 Å². The average Bonchev–Trinajstić information content (AvgIpc) is 3.54. The number of nitrogens with two attached hydrogens (primary N) is 1. The van der Waals surface area contributed by atoms with Gasteiger partial charge in [-0.2, -0.15) is 15.2 Å². The summed E-state index contributed by atoms with van der Waals surface area (Å²) in [6.07, 6.45) is 3.66. The van der Waals surface area contributed by atoms with Gasteiger partial charge < -0.3 is 20.0 Å². The Morgan fingerprint density at radius 2 is 1.97 bits per heavy atom. The van der Waals surface area contributed by atoms with Crippen molar-refractivity contribution in [2.45, 2.75) is 26.8 Å². The van der Waals surface area contributed by atoms with Crippen molar-refractivity contribution in [3.63, 3.8) is 0 Å². The van der Waals surface area contributed by atoms with Gasteiger partial charge in [0.1, 0.15) is 17.7 Å². The number of ether oxygens (including phenoxy) is 1. The highest BCUT2D eigenvalue weighted by molar-refractivity contribution is 6.04. The zero-order valence-corrected chi connectivity index (χ0v) is 19.4. The highest BCUT2D eigenvalue weighted by Gasteiger charge is 2.23. The van der Waals surface area contributed by atoms with Gasteiger partial charge in [0, 0.05) is 17.6 Å². The lowest BCUT2D eigenvalue weighted by atomic mass is 10.1. The van der Waals surface area contributed by atoms with E-state index in [2.05, 4.69) is 20.2 Å². The number of aryl methyl sites for hydroxylation is 4. The summed E-state index contributed by atoms with van der Waals surface area (Å²) in [5.41, 5.74) is 8.80. The summed E-state index contributed by atoms with van der Waals surface area (Å²) in [6, 6.07) is 9.49. The Kier molecular flexibility index (Phi) is 5.44.